The van der Waals surface area contributed by atoms with Crippen LogP contribution in [0.25, 0.3) is 11.4 Å². The number of carbonyl (C=O) groups excluding carboxylic acids is 1. The second-order valence-corrected chi connectivity index (χ2v) is 8.37. The number of rotatable bonds is 9. The highest BCUT2D eigenvalue weighted by Gasteiger charge is 2.22. The first-order chi connectivity index (χ1) is 16.1. The highest BCUT2D eigenvalue weighted by atomic mass is 35.5. The number of hydrogen-bond donors (Lipinski definition) is 0. The molecule has 168 valence electrons. The van der Waals surface area contributed by atoms with Crippen molar-refractivity contribution in [2.24, 2.45) is 0 Å². The lowest BCUT2D eigenvalue weighted by Crippen LogP contribution is -2.35. The fourth-order valence-corrected chi connectivity index (χ4v) is 3.99. The number of halogens is 1. The summed E-state index contributed by atoms with van der Waals surface area (Å²) < 4.78 is 5.46. The van der Waals surface area contributed by atoms with Crippen LogP contribution in [-0.4, -0.2) is 27.5 Å². The van der Waals surface area contributed by atoms with E-state index in [1.54, 1.807) is 12.1 Å². The zero-order valence-electron chi connectivity index (χ0n) is 18.5. The maximum absolute atomic E-state index is 13.3. The Bertz CT molecular complexity index is 1180. The molecule has 0 aliphatic carbocycles. The Morgan fingerprint density at radius 2 is 1.70 bits per heavy atom. The molecule has 0 saturated carbocycles. The predicted molar refractivity (Wildman–Crippen MR) is 130 cm³/mol. The average molecular weight is 460 g/mol. The molecule has 0 fully saturated rings. The van der Waals surface area contributed by atoms with Gasteiger partial charge in [0.1, 0.15) is 0 Å². The van der Waals surface area contributed by atoms with Gasteiger partial charge in [-0.2, -0.15) is 4.98 Å². The van der Waals surface area contributed by atoms with Gasteiger partial charge in [0.05, 0.1) is 6.04 Å². The molecular formula is C27H26ClN3O2. The number of amides is 1. The smallest absolute Gasteiger partial charge is 0.228 e. The van der Waals surface area contributed by atoms with E-state index in [0.717, 1.165) is 16.7 Å². The fourth-order valence-electron chi connectivity index (χ4n) is 3.80. The van der Waals surface area contributed by atoms with Gasteiger partial charge in [-0.25, -0.2) is 0 Å². The molecule has 6 heteroatoms. The van der Waals surface area contributed by atoms with Gasteiger partial charge in [0.25, 0.3) is 0 Å². The second kappa shape index (κ2) is 10.9. The molecule has 0 aliphatic rings. The number of carbonyl (C=O) groups is 1. The van der Waals surface area contributed by atoms with Gasteiger partial charge in [0.15, 0.2) is 0 Å². The number of aryl methyl sites for hydroxylation is 1. The van der Waals surface area contributed by atoms with E-state index in [1.807, 2.05) is 77.7 Å². The zero-order chi connectivity index (χ0) is 23.0. The number of nitrogens with zero attached hydrogens (tertiary/aromatic N) is 3. The van der Waals surface area contributed by atoms with Crippen molar-refractivity contribution in [3.05, 3.63) is 107 Å². The van der Waals surface area contributed by atoms with E-state index in [9.17, 15) is 4.79 Å². The van der Waals surface area contributed by atoms with Crippen molar-refractivity contribution in [1.82, 2.24) is 15.0 Å². The van der Waals surface area contributed by atoms with Crippen molar-refractivity contribution in [3.8, 4) is 11.4 Å². The van der Waals surface area contributed by atoms with E-state index in [4.69, 9.17) is 16.1 Å². The standard InChI is InChI=1S/C27H26ClN3O2/c1-20(22-11-6-3-7-12-22)31(26(32)16-15-21-9-4-2-5-10-21)18-17-25-29-27(30-33-25)23-13-8-14-24(28)19-23/h2-14,19-20H,15-18H2,1H3. The quantitative estimate of drug-likeness (QED) is 0.301. The van der Waals surface area contributed by atoms with Crippen molar-refractivity contribution >= 4 is 17.5 Å². The van der Waals surface area contributed by atoms with Crippen LogP contribution in [0.2, 0.25) is 5.02 Å². The van der Waals surface area contributed by atoms with E-state index < -0.39 is 0 Å². The molecule has 5 nitrogen and oxygen atoms in total. The summed E-state index contributed by atoms with van der Waals surface area (Å²) in [5.74, 6) is 1.08. The summed E-state index contributed by atoms with van der Waals surface area (Å²) in [6.07, 6.45) is 1.62. The van der Waals surface area contributed by atoms with Gasteiger partial charge in [-0.15, -0.1) is 0 Å². The molecule has 0 spiro atoms. The molecule has 1 unspecified atom stereocenters. The molecule has 1 amide bonds. The highest BCUT2D eigenvalue weighted by molar-refractivity contribution is 6.30. The van der Waals surface area contributed by atoms with Gasteiger partial charge < -0.3 is 9.42 Å². The summed E-state index contributed by atoms with van der Waals surface area (Å²) in [6.45, 7) is 2.54. The Morgan fingerprint density at radius 3 is 2.42 bits per heavy atom. The molecule has 4 aromatic rings. The summed E-state index contributed by atoms with van der Waals surface area (Å²) in [7, 11) is 0. The Morgan fingerprint density at radius 1 is 0.970 bits per heavy atom. The minimum Gasteiger partial charge on any atom is -0.339 e. The lowest BCUT2D eigenvalue weighted by atomic mass is 10.0. The molecule has 0 bridgehead atoms. The van der Waals surface area contributed by atoms with E-state index in [1.165, 1.54) is 0 Å². The Hall–Kier alpha value is -3.44. The zero-order valence-corrected chi connectivity index (χ0v) is 19.3. The first-order valence-corrected chi connectivity index (χ1v) is 11.4. The van der Waals surface area contributed by atoms with Crippen molar-refractivity contribution in [3.63, 3.8) is 0 Å². The molecule has 4 rings (SSSR count). The molecule has 0 N–H and O–H groups in total. The summed E-state index contributed by atoms with van der Waals surface area (Å²) in [5, 5.41) is 4.70. The van der Waals surface area contributed by atoms with Crippen LogP contribution < -0.4 is 0 Å². The molecule has 1 aromatic heterocycles. The topological polar surface area (TPSA) is 59.2 Å². The van der Waals surface area contributed by atoms with Gasteiger partial charge in [0.2, 0.25) is 17.6 Å². The van der Waals surface area contributed by atoms with Crippen LogP contribution in [0.3, 0.4) is 0 Å². The maximum Gasteiger partial charge on any atom is 0.228 e. The number of hydrogen-bond acceptors (Lipinski definition) is 4. The third kappa shape index (κ3) is 6.08. The first kappa shape index (κ1) is 22.7. The molecule has 0 aliphatic heterocycles. The van der Waals surface area contributed by atoms with E-state index in [2.05, 4.69) is 17.1 Å². The summed E-state index contributed by atoms with van der Waals surface area (Å²) in [5.41, 5.74) is 3.04. The number of benzene rings is 3. The predicted octanol–water partition coefficient (Wildman–Crippen LogP) is 6.16. The molecular weight excluding hydrogens is 434 g/mol. The van der Waals surface area contributed by atoms with Crippen LogP contribution in [0, 0.1) is 0 Å². The van der Waals surface area contributed by atoms with Crippen molar-refractivity contribution in [1.29, 1.82) is 0 Å². The fraction of sp³-hybridized carbons (Fsp3) is 0.222. The molecule has 1 heterocycles. The largest absolute Gasteiger partial charge is 0.339 e. The lowest BCUT2D eigenvalue weighted by molar-refractivity contribution is -0.133. The second-order valence-electron chi connectivity index (χ2n) is 7.93. The Kier molecular flexibility index (Phi) is 7.53. The normalized spacial score (nSPS) is 11.8. The third-order valence-electron chi connectivity index (χ3n) is 5.66. The monoisotopic (exact) mass is 459 g/mol. The average Bonchev–Trinajstić information content (AvgIpc) is 3.33. The van der Waals surface area contributed by atoms with Crippen LogP contribution >= 0.6 is 11.6 Å². The van der Waals surface area contributed by atoms with Gasteiger partial charge in [-0.1, -0.05) is 89.6 Å². The van der Waals surface area contributed by atoms with E-state index in [-0.39, 0.29) is 11.9 Å². The summed E-state index contributed by atoms with van der Waals surface area (Å²) in [4.78, 5) is 19.7. The van der Waals surface area contributed by atoms with Crippen molar-refractivity contribution in [2.45, 2.75) is 32.2 Å². The van der Waals surface area contributed by atoms with Crippen LogP contribution in [0.15, 0.2) is 89.5 Å². The molecule has 0 radical (unpaired) electrons. The minimum absolute atomic E-state index is 0.0650. The van der Waals surface area contributed by atoms with Crippen molar-refractivity contribution in [2.75, 3.05) is 6.54 Å². The summed E-state index contributed by atoms with van der Waals surface area (Å²) in [6, 6.07) is 27.4. The van der Waals surface area contributed by atoms with Gasteiger partial charge in [-0.3, -0.25) is 4.79 Å². The van der Waals surface area contributed by atoms with E-state index in [0.29, 0.717) is 42.5 Å². The van der Waals surface area contributed by atoms with Crippen LogP contribution in [0.4, 0.5) is 0 Å². The highest BCUT2D eigenvalue weighted by Crippen LogP contribution is 2.23. The molecule has 33 heavy (non-hydrogen) atoms. The van der Waals surface area contributed by atoms with Gasteiger partial charge in [-0.05, 0) is 36.6 Å². The summed E-state index contributed by atoms with van der Waals surface area (Å²) >= 11 is 6.08. The minimum atomic E-state index is -0.0650. The Balaban J connectivity index is 1.47. The number of aromatic nitrogens is 2. The Labute approximate surface area is 199 Å². The van der Waals surface area contributed by atoms with E-state index >= 15 is 0 Å². The van der Waals surface area contributed by atoms with Gasteiger partial charge >= 0.3 is 0 Å². The molecule has 3 aromatic carbocycles. The lowest BCUT2D eigenvalue weighted by Gasteiger charge is -2.29. The van der Waals surface area contributed by atoms with Crippen LogP contribution in [0.1, 0.15) is 36.4 Å². The van der Waals surface area contributed by atoms with Gasteiger partial charge in [0, 0.05) is 30.0 Å². The first-order valence-electron chi connectivity index (χ1n) is 11.1. The molecule has 1 atom stereocenters. The molecule has 0 saturated heterocycles. The van der Waals surface area contributed by atoms with Crippen molar-refractivity contribution < 1.29 is 9.32 Å². The SMILES string of the molecule is CC(c1ccccc1)N(CCc1nc(-c2cccc(Cl)c2)no1)C(=O)CCc1ccccc1. The van der Waals surface area contributed by atoms with Crippen LogP contribution in [-0.2, 0) is 17.6 Å². The maximum atomic E-state index is 13.3. The van der Waals surface area contributed by atoms with Crippen LogP contribution in [0.5, 0.6) is 0 Å². The third-order valence-corrected chi connectivity index (χ3v) is 5.89.